The maximum atomic E-state index is 4.94. The molecule has 4 nitrogen and oxygen atoms in total. The van der Waals surface area contributed by atoms with E-state index >= 15 is 0 Å². The van der Waals surface area contributed by atoms with Crippen LogP contribution in [0.4, 0.5) is 0 Å². The first-order valence-electron chi connectivity index (χ1n) is 14.8. The number of aryl methyl sites for hydroxylation is 1. The Morgan fingerprint density at radius 3 is 1.61 bits per heavy atom. The van der Waals surface area contributed by atoms with Crippen LogP contribution in [0.2, 0.25) is 0 Å². The van der Waals surface area contributed by atoms with Crippen molar-refractivity contribution in [2.45, 2.75) is 6.92 Å². The number of nitrogens with zero attached hydrogens (tertiary/aromatic N) is 4. The zero-order valence-corrected chi connectivity index (χ0v) is 24.2. The molecule has 0 aliphatic heterocycles. The van der Waals surface area contributed by atoms with Gasteiger partial charge in [-0.1, -0.05) is 121 Å². The SMILES string of the molecule is Cc1ccccc1-n1c2ccccc2c2cc(-c3cccc(-c4nc(-c5ccccc5)nc(-c5ccccc5)n4)c3)ccc21. The van der Waals surface area contributed by atoms with Crippen LogP contribution < -0.4 is 0 Å². The Morgan fingerprint density at radius 2 is 0.909 bits per heavy atom. The first-order chi connectivity index (χ1) is 21.7. The molecule has 0 N–H and O–H groups in total. The van der Waals surface area contributed by atoms with Crippen LogP contribution in [0, 0.1) is 6.92 Å². The van der Waals surface area contributed by atoms with Crippen LogP contribution in [0.3, 0.4) is 0 Å². The third-order valence-corrected chi connectivity index (χ3v) is 8.18. The molecule has 0 amide bonds. The van der Waals surface area contributed by atoms with Crippen LogP contribution in [-0.2, 0) is 0 Å². The van der Waals surface area contributed by atoms with Crippen LogP contribution in [0.5, 0.6) is 0 Å². The number of benzene rings is 6. The third-order valence-electron chi connectivity index (χ3n) is 8.18. The topological polar surface area (TPSA) is 43.6 Å². The second kappa shape index (κ2) is 10.8. The molecule has 0 aliphatic carbocycles. The molecule has 8 aromatic rings. The Kier molecular flexibility index (Phi) is 6.31. The van der Waals surface area contributed by atoms with Crippen molar-refractivity contribution in [2.24, 2.45) is 0 Å². The fraction of sp³-hybridized carbons (Fsp3) is 0.0250. The largest absolute Gasteiger partial charge is 0.309 e. The maximum absolute atomic E-state index is 4.94. The Labute approximate surface area is 256 Å². The molecule has 0 aliphatic rings. The minimum atomic E-state index is 0.650. The van der Waals surface area contributed by atoms with Crippen LogP contribution >= 0.6 is 0 Å². The predicted molar refractivity (Wildman–Crippen MR) is 181 cm³/mol. The highest BCUT2D eigenvalue weighted by Gasteiger charge is 2.16. The van der Waals surface area contributed by atoms with Crippen LogP contribution in [0.15, 0.2) is 152 Å². The van der Waals surface area contributed by atoms with Crippen LogP contribution in [0.25, 0.3) is 72.8 Å². The summed E-state index contributed by atoms with van der Waals surface area (Å²) in [5.74, 6) is 1.97. The molecule has 0 spiro atoms. The minimum Gasteiger partial charge on any atom is -0.309 e. The Balaban J connectivity index is 1.27. The van der Waals surface area contributed by atoms with Gasteiger partial charge in [0.25, 0.3) is 0 Å². The number of fused-ring (bicyclic) bond motifs is 3. The van der Waals surface area contributed by atoms with E-state index in [9.17, 15) is 0 Å². The number of hydrogen-bond donors (Lipinski definition) is 0. The van der Waals surface area contributed by atoms with Gasteiger partial charge in [-0.3, -0.25) is 0 Å². The van der Waals surface area contributed by atoms with E-state index in [1.165, 1.54) is 33.1 Å². The lowest BCUT2D eigenvalue weighted by atomic mass is 10.0. The molecule has 2 heterocycles. The van der Waals surface area contributed by atoms with Gasteiger partial charge in [0.1, 0.15) is 0 Å². The molecule has 208 valence electrons. The standard InChI is InChI=1S/C40H28N4/c1-27-13-8-10-21-35(27)44-36-22-11-9-20-33(36)34-26-31(23-24-37(34)44)30-18-12-19-32(25-30)40-42-38(28-14-4-2-5-15-28)41-39(43-40)29-16-6-3-7-17-29/h2-26H,1H3. The molecule has 0 fully saturated rings. The number of rotatable bonds is 5. The van der Waals surface area contributed by atoms with Gasteiger partial charge in [-0.15, -0.1) is 0 Å². The van der Waals surface area contributed by atoms with Gasteiger partial charge in [0, 0.05) is 33.2 Å². The van der Waals surface area contributed by atoms with E-state index in [4.69, 9.17) is 15.0 Å². The number of hydrogen-bond acceptors (Lipinski definition) is 3. The van der Waals surface area contributed by atoms with Crippen molar-refractivity contribution in [1.82, 2.24) is 19.5 Å². The summed E-state index contributed by atoms with van der Waals surface area (Å²) in [7, 11) is 0. The first-order valence-corrected chi connectivity index (χ1v) is 14.8. The highest BCUT2D eigenvalue weighted by atomic mass is 15.0. The zero-order valence-electron chi connectivity index (χ0n) is 24.2. The Hall–Kier alpha value is -5.87. The van der Waals surface area contributed by atoms with Gasteiger partial charge in [0.15, 0.2) is 17.5 Å². The molecular weight excluding hydrogens is 536 g/mol. The molecular formula is C40H28N4. The maximum Gasteiger partial charge on any atom is 0.164 e. The van der Waals surface area contributed by atoms with Gasteiger partial charge in [-0.05, 0) is 53.9 Å². The van der Waals surface area contributed by atoms with E-state index in [0.717, 1.165) is 27.8 Å². The Morgan fingerprint density at radius 1 is 0.386 bits per heavy atom. The molecule has 44 heavy (non-hydrogen) atoms. The lowest BCUT2D eigenvalue weighted by Crippen LogP contribution is -2.00. The van der Waals surface area contributed by atoms with Crippen molar-refractivity contribution in [3.05, 3.63) is 157 Å². The monoisotopic (exact) mass is 564 g/mol. The van der Waals surface area contributed by atoms with E-state index in [2.05, 4.69) is 102 Å². The van der Waals surface area contributed by atoms with Crippen molar-refractivity contribution in [1.29, 1.82) is 0 Å². The van der Waals surface area contributed by atoms with Crippen molar-refractivity contribution in [3.8, 4) is 51.0 Å². The normalized spacial score (nSPS) is 11.3. The third kappa shape index (κ3) is 4.54. The van der Waals surface area contributed by atoms with Gasteiger partial charge in [0.2, 0.25) is 0 Å². The van der Waals surface area contributed by atoms with Gasteiger partial charge in [-0.2, -0.15) is 0 Å². The summed E-state index contributed by atoms with van der Waals surface area (Å²) in [6.07, 6.45) is 0. The molecule has 0 saturated carbocycles. The fourth-order valence-electron chi connectivity index (χ4n) is 6.00. The summed E-state index contributed by atoms with van der Waals surface area (Å²) in [4.78, 5) is 14.7. The fourth-order valence-corrected chi connectivity index (χ4v) is 6.00. The highest BCUT2D eigenvalue weighted by molar-refractivity contribution is 6.10. The van der Waals surface area contributed by atoms with Gasteiger partial charge >= 0.3 is 0 Å². The average molecular weight is 565 g/mol. The smallest absolute Gasteiger partial charge is 0.164 e. The van der Waals surface area contributed by atoms with Gasteiger partial charge in [0.05, 0.1) is 11.0 Å². The zero-order chi connectivity index (χ0) is 29.5. The summed E-state index contributed by atoms with van der Waals surface area (Å²) in [6, 6.07) is 52.7. The molecule has 8 rings (SSSR count). The van der Waals surface area contributed by atoms with Crippen molar-refractivity contribution < 1.29 is 0 Å². The average Bonchev–Trinajstić information content (AvgIpc) is 3.42. The van der Waals surface area contributed by atoms with E-state index in [1.807, 2.05) is 60.7 Å². The lowest BCUT2D eigenvalue weighted by Gasteiger charge is -2.11. The van der Waals surface area contributed by atoms with E-state index in [1.54, 1.807) is 0 Å². The summed E-state index contributed by atoms with van der Waals surface area (Å²) >= 11 is 0. The summed E-state index contributed by atoms with van der Waals surface area (Å²) in [5, 5.41) is 2.46. The van der Waals surface area contributed by atoms with E-state index in [-0.39, 0.29) is 0 Å². The van der Waals surface area contributed by atoms with E-state index < -0.39 is 0 Å². The predicted octanol–water partition coefficient (Wildman–Crippen LogP) is 9.95. The van der Waals surface area contributed by atoms with Crippen molar-refractivity contribution in [3.63, 3.8) is 0 Å². The molecule has 6 aromatic carbocycles. The molecule has 0 unspecified atom stereocenters. The summed E-state index contributed by atoms with van der Waals surface area (Å²) < 4.78 is 2.38. The van der Waals surface area contributed by atoms with Crippen LogP contribution in [0.1, 0.15) is 5.56 Å². The lowest BCUT2D eigenvalue weighted by molar-refractivity contribution is 1.07. The van der Waals surface area contributed by atoms with Crippen molar-refractivity contribution in [2.75, 3.05) is 0 Å². The number of aromatic nitrogens is 4. The van der Waals surface area contributed by atoms with Gasteiger partial charge in [-0.25, -0.2) is 15.0 Å². The highest BCUT2D eigenvalue weighted by Crippen LogP contribution is 2.36. The quantitative estimate of drug-likeness (QED) is 0.209. The first kappa shape index (κ1) is 25.8. The second-order valence-electron chi connectivity index (χ2n) is 11.0. The molecule has 2 aromatic heterocycles. The van der Waals surface area contributed by atoms with Crippen molar-refractivity contribution >= 4 is 21.8 Å². The van der Waals surface area contributed by atoms with E-state index in [0.29, 0.717) is 17.5 Å². The summed E-state index contributed by atoms with van der Waals surface area (Å²) in [6.45, 7) is 2.17. The molecule has 0 bridgehead atoms. The van der Waals surface area contributed by atoms with Gasteiger partial charge < -0.3 is 4.57 Å². The second-order valence-corrected chi connectivity index (χ2v) is 11.0. The Bertz CT molecular complexity index is 2230. The molecule has 4 heteroatoms. The number of para-hydroxylation sites is 2. The molecule has 0 radical (unpaired) electrons. The minimum absolute atomic E-state index is 0.650. The van der Waals surface area contributed by atoms with Crippen LogP contribution in [-0.4, -0.2) is 19.5 Å². The summed E-state index contributed by atoms with van der Waals surface area (Å²) in [5.41, 5.74) is 9.96. The molecule has 0 atom stereocenters. The molecule has 0 saturated heterocycles.